The molecule has 1 aromatic heterocycles. The molecule has 0 bridgehead atoms. The van der Waals surface area contributed by atoms with Crippen LogP contribution in [0.3, 0.4) is 0 Å². The van der Waals surface area contributed by atoms with Crippen LogP contribution >= 0.6 is 11.6 Å². The fourth-order valence-electron chi connectivity index (χ4n) is 5.28. The van der Waals surface area contributed by atoms with E-state index in [9.17, 15) is 9.59 Å². The number of aromatic amines is 1. The molecule has 230 valence electrons. The molecule has 6 rings (SSSR count). The van der Waals surface area contributed by atoms with Gasteiger partial charge in [0.2, 0.25) is 0 Å². The molecule has 0 aliphatic heterocycles. The number of carbonyl (C=O) groups is 2. The molecule has 0 saturated carbocycles. The Labute approximate surface area is 270 Å². The average Bonchev–Trinajstić information content (AvgIpc) is 3.47. The van der Waals surface area contributed by atoms with Gasteiger partial charge >= 0.3 is 5.97 Å². The molecule has 1 amide bonds. The van der Waals surface area contributed by atoms with Crippen molar-refractivity contribution in [3.63, 3.8) is 0 Å². The van der Waals surface area contributed by atoms with Gasteiger partial charge in [0.15, 0.2) is 11.5 Å². The Bertz CT molecular complexity index is 2100. The molecule has 1 heterocycles. The van der Waals surface area contributed by atoms with Crippen molar-refractivity contribution in [2.24, 2.45) is 5.10 Å². The van der Waals surface area contributed by atoms with Crippen molar-refractivity contribution in [3.8, 4) is 28.4 Å². The van der Waals surface area contributed by atoms with E-state index in [1.54, 1.807) is 48.5 Å². The first kappa shape index (κ1) is 30.4. The summed E-state index contributed by atoms with van der Waals surface area (Å²) in [6.45, 7) is 4.61. The van der Waals surface area contributed by atoms with Gasteiger partial charge in [-0.2, -0.15) is 5.10 Å². The normalized spacial score (nSPS) is 11.2. The lowest BCUT2D eigenvalue weighted by atomic mass is 9.99. The summed E-state index contributed by atoms with van der Waals surface area (Å²) in [5, 5.41) is 7.61. The Morgan fingerprint density at radius 1 is 0.804 bits per heavy atom. The molecule has 2 N–H and O–H groups in total. The first-order valence-corrected chi connectivity index (χ1v) is 15.2. The van der Waals surface area contributed by atoms with Crippen molar-refractivity contribution in [2.75, 3.05) is 13.2 Å². The molecule has 0 radical (unpaired) electrons. The Morgan fingerprint density at radius 3 is 2.37 bits per heavy atom. The Hall–Kier alpha value is -5.60. The van der Waals surface area contributed by atoms with Gasteiger partial charge in [0.05, 0.1) is 30.5 Å². The quantitative estimate of drug-likeness (QED) is 0.0684. The second-order valence-electron chi connectivity index (χ2n) is 10.2. The van der Waals surface area contributed by atoms with Crippen LogP contribution < -0.4 is 19.6 Å². The Balaban J connectivity index is 1.27. The average molecular weight is 632 g/mol. The van der Waals surface area contributed by atoms with Gasteiger partial charge in [-0.25, -0.2) is 10.2 Å². The van der Waals surface area contributed by atoms with E-state index in [-0.39, 0.29) is 5.75 Å². The van der Waals surface area contributed by atoms with Gasteiger partial charge in [0.1, 0.15) is 11.4 Å². The number of hydrazone groups is 1. The van der Waals surface area contributed by atoms with Gasteiger partial charge in [-0.05, 0) is 55.6 Å². The SMILES string of the molecule is CCOc1ccc(C(=O)Oc2ccccc2C=NNC(=O)c2[nH]c3c(ccc4ccccc43)c2-c2ccccc2Cl)cc1OCC. The second-order valence-corrected chi connectivity index (χ2v) is 10.6. The molecule has 8 nitrogen and oxygen atoms in total. The van der Waals surface area contributed by atoms with E-state index < -0.39 is 11.9 Å². The van der Waals surface area contributed by atoms with E-state index in [1.807, 2.05) is 68.4 Å². The van der Waals surface area contributed by atoms with Crippen molar-refractivity contribution >= 4 is 51.4 Å². The predicted octanol–water partition coefficient (Wildman–Crippen LogP) is 8.42. The maximum Gasteiger partial charge on any atom is 0.343 e. The van der Waals surface area contributed by atoms with Crippen LogP contribution in [0.1, 0.15) is 40.3 Å². The summed E-state index contributed by atoms with van der Waals surface area (Å²) >= 11 is 6.61. The van der Waals surface area contributed by atoms with Gasteiger partial charge in [-0.15, -0.1) is 0 Å². The molecule has 0 aliphatic carbocycles. The summed E-state index contributed by atoms with van der Waals surface area (Å²) in [5.41, 5.74) is 5.94. The largest absolute Gasteiger partial charge is 0.490 e. The van der Waals surface area contributed by atoms with Crippen LogP contribution in [0.15, 0.2) is 108 Å². The van der Waals surface area contributed by atoms with E-state index >= 15 is 0 Å². The molecule has 6 aromatic rings. The minimum Gasteiger partial charge on any atom is -0.490 e. The molecule has 5 aromatic carbocycles. The number of benzene rings is 5. The number of amides is 1. The first-order chi connectivity index (χ1) is 22.5. The minimum absolute atomic E-state index is 0.270. The number of carbonyl (C=O) groups excluding carboxylic acids is 2. The smallest absolute Gasteiger partial charge is 0.343 e. The van der Waals surface area contributed by atoms with Crippen molar-refractivity contribution in [3.05, 3.63) is 125 Å². The van der Waals surface area contributed by atoms with E-state index in [0.29, 0.717) is 52.1 Å². The summed E-state index contributed by atoms with van der Waals surface area (Å²) in [6, 6.07) is 31.2. The highest BCUT2D eigenvalue weighted by molar-refractivity contribution is 6.34. The number of aromatic nitrogens is 1. The first-order valence-electron chi connectivity index (χ1n) is 14.8. The Kier molecular flexibility index (Phi) is 8.98. The molecule has 9 heteroatoms. The van der Waals surface area contributed by atoms with Gasteiger partial charge in [-0.3, -0.25) is 4.79 Å². The summed E-state index contributed by atoms with van der Waals surface area (Å²) in [6.07, 6.45) is 1.43. The second kappa shape index (κ2) is 13.6. The molecule has 0 unspecified atom stereocenters. The molecular formula is C37H30ClN3O5. The van der Waals surface area contributed by atoms with Crippen LogP contribution in [0.5, 0.6) is 17.2 Å². The number of para-hydroxylation sites is 1. The van der Waals surface area contributed by atoms with Crippen molar-refractivity contribution in [1.82, 2.24) is 10.4 Å². The third-order valence-corrected chi connectivity index (χ3v) is 7.67. The highest BCUT2D eigenvalue weighted by Gasteiger charge is 2.22. The fourth-order valence-corrected chi connectivity index (χ4v) is 5.51. The van der Waals surface area contributed by atoms with E-state index in [0.717, 1.165) is 27.2 Å². The number of rotatable bonds is 10. The van der Waals surface area contributed by atoms with Crippen LogP contribution in [0.2, 0.25) is 5.02 Å². The fraction of sp³-hybridized carbons (Fsp3) is 0.108. The van der Waals surface area contributed by atoms with Crippen molar-refractivity contribution in [1.29, 1.82) is 0 Å². The molecular weight excluding hydrogens is 602 g/mol. The van der Waals surface area contributed by atoms with Crippen LogP contribution in [0.25, 0.3) is 32.8 Å². The van der Waals surface area contributed by atoms with E-state index in [4.69, 9.17) is 25.8 Å². The van der Waals surface area contributed by atoms with Crippen LogP contribution in [-0.2, 0) is 0 Å². The highest BCUT2D eigenvalue weighted by Crippen LogP contribution is 2.39. The topological polar surface area (TPSA) is 102 Å². The molecule has 0 aliphatic rings. The Morgan fingerprint density at radius 2 is 1.54 bits per heavy atom. The molecule has 46 heavy (non-hydrogen) atoms. The maximum atomic E-state index is 13.6. The van der Waals surface area contributed by atoms with Crippen LogP contribution in [-0.4, -0.2) is 36.3 Å². The van der Waals surface area contributed by atoms with Crippen LogP contribution in [0.4, 0.5) is 0 Å². The minimum atomic E-state index is -0.580. The number of halogens is 1. The van der Waals surface area contributed by atoms with Gasteiger partial charge in [0, 0.05) is 32.5 Å². The van der Waals surface area contributed by atoms with Gasteiger partial charge in [0.25, 0.3) is 5.91 Å². The number of fused-ring (bicyclic) bond motifs is 3. The highest BCUT2D eigenvalue weighted by atomic mass is 35.5. The third-order valence-electron chi connectivity index (χ3n) is 7.34. The number of hydrogen-bond acceptors (Lipinski definition) is 6. The number of nitrogens with zero attached hydrogens (tertiary/aromatic N) is 1. The molecule has 0 atom stereocenters. The summed E-state index contributed by atoms with van der Waals surface area (Å²) in [7, 11) is 0. The lowest BCUT2D eigenvalue weighted by Crippen LogP contribution is -2.19. The predicted molar refractivity (Wildman–Crippen MR) is 181 cm³/mol. The van der Waals surface area contributed by atoms with E-state index in [1.165, 1.54) is 6.21 Å². The number of H-pyrrole nitrogens is 1. The van der Waals surface area contributed by atoms with Crippen molar-refractivity contribution < 1.29 is 23.8 Å². The zero-order chi connectivity index (χ0) is 32.0. The molecule has 0 fully saturated rings. The maximum absolute atomic E-state index is 13.6. The number of nitrogens with one attached hydrogen (secondary N) is 2. The van der Waals surface area contributed by atoms with Crippen molar-refractivity contribution in [2.45, 2.75) is 13.8 Å². The van der Waals surface area contributed by atoms with Crippen LogP contribution in [0, 0.1) is 0 Å². The monoisotopic (exact) mass is 631 g/mol. The summed E-state index contributed by atoms with van der Waals surface area (Å²) in [5.74, 6) is 0.232. The zero-order valence-electron chi connectivity index (χ0n) is 25.2. The summed E-state index contributed by atoms with van der Waals surface area (Å²) in [4.78, 5) is 30.1. The lowest BCUT2D eigenvalue weighted by molar-refractivity contribution is 0.0733. The van der Waals surface area contributed by atoms with E-state index in [2.05, 4.69) is 15.5 Å². The van der Waals surface area contributed by atoms with Gasteiger partial charge < -0.3 is 19.2 Å². The standard InChI is InChI=1S/C37H30ClN3O5/c1-3-44-31-20-18-24(21-32(31)45-4-2)37(43)46-30-16-10-6-12-25(30)22-39-41-36(42)35-33(27-14-8-9-15-29(27)38)28-19-17-23-11-5-7-13-26(23)34(28)40-35/h5-22,40H,3-4H2,1-2H3,(H,41,42). The number of ether oxygens (including phenoxy) is 3. The lowest BCUT2D eigenvalue weighted by Gasteiger charge is -2.12. The zero-order valence-corrected chi connectivity index (χ0v) is 25.9. The number of hydrogen-bond donors (Lipinski definition) is 2. The summed E-state index contributed by atoms with van der Waals surface area (Å²) < 4.78 is 17.0. The van der Waals surface area contributed by atoms with Gasteiger partial charge in [-0.1, -0.05) is 78.3 Å². The molecule has 0 spiro atoms. The number of esters is 1. The molecule has 0 saturated heterocycles. The third kappa shape index (κ3) is 6.16.